The molecule has 0 radical (unpaired) electrons. The molecule has 0 spiro atoms. The number of aromatic nitrogens is 1. The Morgan fingerprint density at radius 3 is 2.62 bits per heavy atom. The van der Waals surface area contributed by atoms with Crippen molar-refractivity contribution in [3.63, 3.8) is 0 Å². The summed E-state index contributed by atoms with van der Waals surface area (Å²) < 4.78 is 13.4. The average Bonchev–Trinajstić information content (AvgIpc) is 2.61. The Morgan fingerprint density at radius 1 is 1.04 bits per heavy atom. The predicted octanol–water partition coefficient (Wildman–Crippen LogP) is 3.32. The van der Waals surface area contributed by atoms with Crippen molar-refractivity contribution >= 4 is 11.7 Å². The molecule has 0 atom stereocenters. The standard InChI is InChI=1S/C19H21FN2O2/c20-17-9-2-1-6-15(17)7-3-4-13-22-19(24)11-10-18(23)16-8-5-12-21-14-16/h1-2,5-6,8-9,12,14H,3-4,7,10-11,13H2,(H,22,24). The Labute approximate surface area is 141 Å². The molecule has 5 heteroatoms. The molecule has 2 aromatic rings. The SMILES string of the molecule is O=C(CCC(=O)c1cccnc1)NCCCCc1ccccc1F. The fourth-order valence-corrected chi connectivity index (χ4v) is 2.36. The lowest BCUT2D eigenvalue weighted by Gasteiger charge is -2.06. The van der Waals surface area contributed by atoms with E-state index in [0.717, 1.165) is 12.8 Å². The van der Waals surface area contributed by atoms with E-state index < -0.39 is 0 Å². The number of halogens is 1. The lowest BCUT2D eigenvalue weighted by atomic mass is 10.1. The van der Waals surface area contributed by atoms with Gasteiger partial charge in [-0.05, 0) is 43.0 Å². The van der Waals surface area contributed by atoms with Crippen LogP contribution in [-0.4, -0.2) is 23.2 Å². The highest BCUT2D eigenvalue weighted by Gasteiger charge is 2.09. The second kappa shape index (κ2) is 9.55. The molecule has 24 heavy (non-hydrogen) atoms. The van der Waals surface area contributed by atoms with Gasteiger partial charge in [-0.2, -0.15) is 0 Å². The van der Waals surface area contributed by atoms with Crippen molar-refractivity contribution in [1.82, 2.24) is 10.3 Å². The fraction of sp³-hybridized carbons (Fsp3) is 0.316. The van der Waals surface area contributed by atoms with Crippen LogP contribution in [0.2, 0.25) is 0 Å². The molecule has 0 aliphatic carbocycles. The third-order valence-electron chi connectivity index (χ3n) is 3.72. The van der Waals surface area contributed by atoms with Crippen LogP contribution < -0.4 is 5.32 Å². The summed E-state index contributed by atoms with van der Waals surface area (Å²) in [6, 6.07) is 10.1. The molecule has 0 aliphatic heterocycles. The summed E-state index contributed by atoms with van der Waals surface area (Å²) in [6.07, 6.45) is 5.68. The molecule has 0 unspecified atom stereocenters. The largest absolute Gasteiger partial charge is 0.356 e. The van der Waals surface area contributed by atoms with Crippen LogP contribution in [0.5, 0.6) is 0 Å². The molecule has 1 N–H and O–H groups in total. The van der Waals surface area contributed by atoms with Crippen molar-refractivity contribution in [3.05, 3.63) is 65.7 Å². The van der Waals surface area contributed by atoms with Crippen LogP contribution in [0, 0.1) is 5.82 Å². The van der Waals surface area contributed by atoms with E-state index >= 15 is 0 Å². The van der Waals surface area contributed by atoms with E-state index in [2.05, 4.69) is 10.3 Å². The van der Waals surface area contributed by atoms with Gasteiger partial charge in [0, 0.05) is 37.3 Å². The fourth-order valence-electron chi connectivity index (χ4n) is 2.36. The first-order valence-electron chi connectivity index (χ1n) is 8.10. The Balaban J connectivity index is 1.58. The second-order valence-corrected chi connectivity index (χ2v) is 5.56. The maximum Gasteiger partial charge on any atom is 0.220 e. The third-order valence-corrected chi connectivity index (χ3v) is 3.72. The predicted molar refractivity (Wildman–Crippen MR) is 90.1 cm³/mol. The molecule has 4 nitrogen and oxygen atoms in total. The summed E-state index contributed by atoms with van der Waals surface area (Å²) in [5.41, 5.74) is 1.22. The van der Waals surface area contributed by atoms with Crippen LogP contribution >= 0.6 is 0 Å². The van der Waals surface area contributed by atoms with Crippen molar-refractivity contribution in [2.75, 3.05) is 6.54 Å². The smallest absolute Gasteiger partial charge is 0.220 e. The summed E-state index contributed by atoms with van der Waals surface area (Å²) in [4.78, 5) is 27.5. The van der Waals surface area contributed by atoms with Gasteiger partial charge in [0.15, 0.2) is 5.78 Å². The number of Topliss-reactive ketones (excluding diaryl/α,β-unsaturated/α-hetero) is 1. The minimum absolute atomic E-state index is 0.0854. The van der Waals surface area contributed by atoms with Crippen molar-refractivity contribution in [3.8, 4) is 0 Å². The van der Waals surface area contributed by atoms with E-state index in [1.807, 2.05) is 6.07 Å². The van der Waals surface area contributed by atoms with Crippen molar-refractivity contribution in [2.45, 2.75) is 32.1 Å². The van der Waals surface area contributed by atoms with E-state index in [0.29, 0.717) is 24.1 Å². The summed E-state index contributed by atoms with van der Waals surface area (Å²) in [6.45, 7) is 0.536. The number of nitrogens with one attached hydrogen (secondary N) is 1. The van der Waals surface area contributed by atoms with Crippen molar-refractivity contribution in [1.29, 1.82) is 0 Å². The number of benzene rings is 1. The molecule has 1 aromatic carbocycles. The van der Waals surface area contributed by atoms with E-state index in [4.69, 9.17) is 0 Å². The van der Waals surface area contributed by atoms with Crippen LogP contribution in [0.1, 0.15) is 41.6 Å². The molecule has 1 heterocycles. The third kappa shape index (κ3) is 5.91. The zero-order chi connectivity index (χ0) is 17.2. The van der Waals surface area contributed by atoms with Crippen LogP contribution in [0.15, 0.2) is 48.8 Å². The van der Waals surface area contributed by atoms with Gasteiger partial charge in [0.1, 0.15) is 5.82 Å². The number of hydrogen-bond acceptors (Lipinski definition) is 3. The number of unbranched alkanes of at least 4 members (excludes halogenated alkanes) is 1. The van der Waals surface area contributed by atoms with Gasteiger partial charge in [-0.1, -0.05) is 18.2 Å². The maximum atomic E-state index is 13.4. The number of hydrogen-bond donors (Lipinski definition) is 1. The van der Waals surface area contributed by atoms with Gasteiger partial charge in [-0.25, -0.2) is 4.39 Å². The van der Waals surface area contributed by atoms with Gasteiger partial charge >= 0.3 is 0 Å². The number of pyridine rings is 1. The lowest BCUT2D eigenvalue weighted by molar-refractivity contribution is -0.121. The molecular formula is C19H21FN2O2. The molecule has 0 fully saturated rings. The molecule has 0 saturated carbocycles. The number of carbonyl (C=O) groups excluding carboxylic acids is 2. The average molecular weight is 328 g/mol. The molecule has 1 amide bonds. The molecule has 0 bridgehead atoms. The Hall–Kier alpha value is -2.56. The van der Waals surface area contributed by atoms with Gasteiger partial charge in [-0.3, -0.25) is 14.6 Å². The minimum Gasteiger partial charge on any atom is -0.356 e. The Bertz CT molecular complexity index is 674. The number of rotatable bonds is 9. The van der Waals surface area contributed by atoms with E-state index in [-0.39, 0.29) is 30.3 Å². The molecule has 0 aliphatic rings. The summed E-state index contributed by atoms with van der Waals surface area (Å²) in [7, 11) is 0. The highest BCUT2D eigenvalue weighted by Crippen LogP contribution is 2.09. The van der Waals surface area contributed by atoms with Crippen LogP contribution in [-0.2, 0) is 11.2 Å². The molecular weight excluding hydrogens is 307 g/mol. The number of amides is 1. The van der Waals surface area contributed by atoms with Gasteiger partial charge < -0.3 is 5.32 Å². The zero-order valence-corrected chi connectivity index (χ0v) is 13.5. The number of aryl methyl sites for hydroxylation is 1. The van der Waals surface area contributed by atoms with E-state index in [1.165, 1.54) is 12.3 Å². The topological polar surface area (TPSA) is 59.1 Å². The Kier molecular flexibility index (Phi) is 7.08. The van der Waals surface area contributed by atoms with Gasteiger partial charge in [0.05, 0.1) is 0 Å². The summed E-state index contributed by atoms with van der Waals surface area (Å²) in [5, 5.41) is 2.79. The monoisotopic (exact) mass is 328 g/mol. The van der Waals surface area contributed by atoms with E-state index in [9.17, 15) is 14.0 Å². The van der Waals surface area contributed by atoms with Crippen LogP contribution in [0.25, 0.3) is 0 Å². The van der Waals surface area contributed by atoms with Gasteiger partial charge in [-0.15, -0.1) is 0 Å². The number of ketones is 1. The maximum absolute atomic E-state index is 13.4. The summed E-state index contributed by atoms with van der Waals surface area (Å²) in [5.74, 6) is -0.411. The molecule has 126 valence electrons. The van der Waals surface area contributed by atoms with Crippen LogP contribution in [0.4, 0.5) is 4.39 Å². The Morgan fingerprint density at radius 2 is 1.88 bits per heavy atom. The molecule has 1 aromatic heterocycles. The van der Waals surface area contributed by atoms with Gasteiger partial charge in [0.25, 0.3) is 0 Å². The first kappa shape index (κ1) is 17.8. The summed E-state index contributed by atoms with van der Waals surface area (Å²) >= 11 is 0. The van der Waals surface area contributed by atoms with Crippen molar-refractivity contribution in [2.24, 2.45) is 0 Å². The minimum atomic E-state index is -0.185. The quantitative estimate of drug-likeness (QED) is 0.567. The molecule has 0 saturated heterocycles. The van der Waals surface area contributed by atoms with Gasteiger partial charge in [0.2, 0.25) is 5.91 Å². The van der Waals surface area contributed by atoms with E-state index in [1.54, 1.807) is 30.5 Å². The first-order valence-corrected chi connectivity index (χ1v) is 8.10. The highest BCUT2D eigenvalue weighted by molar-refractivity contribution is 5.97. The zero-order valence-electron chi connectivity index (χ0n) is 13.5. The lowest BCUT2D eigenvalue weighted by Crippen LogP contribution is -2.24. The van der Waals surface area contributed by atoms with Crippen LogP contribution in [0.3, 0.4) is 0 Å². The van der Waals surface area contributed by atoms with Crippen molar-refractivity contribution < 1.29 is 14.0 Å². The number of nitrogens with zero attached hydrogens (tertiary/aromatic N) is 1. The second-order valence-electron chi connectivity index (χ2n) is 5.56. The molecule has 2 rings (SSSR count). The normalized spacial score (nSPS) is 10.4. The first-order chi connectivity index (χ1) is 11.7. The highest BCUT2D eigenvalue weighted by atomic mass is 19.1. The number of carbonyl (C=O) groups is 2.